The van der Waals surface area contributed by atoms with Gasteiger partial charge in [0, 0.05) is 31.7 Å². The first-order valence-electron chi connectivity index (χ1n) is 6.95. The Hall–Kier alpha value is -0.950. The second-order valence-corrected chi connectivity index (χ2v) is 6.14. The third-order valence-electron chi connectivity index (χ3n) is 3.83. The predicted molar refractivity (Wildman–Crippen MR) is 84.1 cm³/mol. The molecule has 1 atom stereocenters. The highest BCUT2D eigenvalue weighted by atomic mass is 35.5. The van der Waals surface area contributed by atoms with Gasteiger partial charge in [-0.3, -0.25) is 4.90 Å². The number of imidazole rings is 1. The monoisotopic (exact) mass is 329 g/mol. The third-order valence-corrected chi connectivity index (χ3v) is 4.41. The Morgan fingerprint density at radius 2 is 2.14 bits per heavy atom. The fourth-order valence-corrected chi connectivity index (χ4v) is 3.34. The number of aromatic amines is 1. The van der Waals surface area contributed by atoms with Crippen molar-refractivity contribution in [3.8, 4) is 0 Å². The molecule has 1 aromatic heterocycles. The molecule has 2 heterocycles. The summed E-state index contributed by atoms with van der Waals surface area (Å²) in [7, 11) is 0. The molecule has 0 saturated carbocycles. The van der Waals surface area contributed by atoms with Crippen molar-refractivity contribution in [3.63, 3.8) is 0 Å². The molecule has 1 aromatic carbocycles. The number of halogens is 2. The third kappa shape index (κ3) is 2.99. The van der Waals surface area contributed by atoms with Gasteiger partial charge in [-0.1, -0.05) is 11.6 Å². The molecule has 21 heavy (non-hydrogen) atoms. The zero-order chi connectivity index (χ0) is 15.0. The normalized spacial score (nSPS) is 18.2. The van der Waals surface area contributed by atoms with Gasteiger partial charge < -0.3 is 14.3 Å². The average Bonchev–Trinajstić information content (AvgIpc) is 2.75. The van der Waals surface area contributed by atoms with Crippen LogP contribution in [0, 0.1) is 10.6 Å². The summed E-state index contributed by atoms with van der Waals surface area (Å²) in [4.78, 5) is 5.40. The Bertz CT molecular complexity index is 708. The lowest BCUT2D eigenvalue weighted by molar-refractivity contribution is 0.0327. The van der Waals surface area contributed by atoms with Crippen molar-refractivity contribution in [1.29, 1.82) is 0 Å². The van der Waals surface area contributed by atoms with E-state index < -0.39 is 5.82 Å². The van der Waals surface area contributed by atoms with Crippen molar-refractivity contribution in [1.82, 2.24) is 14.5 Å². The average molecular weight is 330 g/mol. The number of nitrogens with zero attached hydrogens (tertiary/aromatic N) is 2. The Kier molecular flexibility index (Phi) is 4.31. The van der Waals surface area contributed by atoms with Gasteiger partial charge in [0.2, 0.25) is 0 Å². The van der Waals surface area contributed by atoms with Crippen LogP contribution in [0.15, 0.2) is 12.1 Å². The molecule has 0 amide bonds. The van der Waals surface area contributed by atoms with Crippen LogP contribution in [0.1, 0.15) is 13.0 Å². The molecule has 0 radical (unpaired) electrons. The molecule has 1 saturated heterocycles. The Labute approximate surface area is 132 Å². The molecule has 0 aliphatic carbocycles. The molecule has 1 N–H and O–H groups in total. The van der Waals surface area contributed by atoms with Crippen molar-refractivity contribution in [2.24, 2.45) is 0 Å². The summed E-state index contributed by atoms with van der Waals surface area (Å²) < 4.78 is 21.5. The molecule has 1 fully saturated rings. The van der Waals surface area contributed by atoms with Crippen LogP contribution in [-0.4, -0.2) is 47.3 Å². The summed E-state index contributed by atoms with van der Waals surface area (Å²) in [6.45, 7) is 6.37. The minimum atomic E-state index is -0.437. The summed E-state index contributed by atoms with van der Waals surface area (Å²) in [6.07, 6.45) is 0. The fourth-order valence-electron chi connectivity index (χ4n) is 2.80. The summed E-state index contributed by atoms with van der Waals surface area (Å²) in [5.41, 5.74) is 1.52. The van der Waals surface area contributed by atoms with Crippen LogP contribution in [0.5, 0.6) is 0 Å². The molecule has 1 unspecified atom stereocenters. The summed E-state index contributed by atoms with van der Waals surface area (Å²) in [6, 6.07) is 3.20. The van der Waals surface area contributed by atoms with E-state index in [1.54, 1.807) is 6.07 Å². The van der Waals surface area contributed by atoms with Crippen LogP contribution in [0.3, 0.4) is 0 Å². The lowest BCUT2D eigenvalue weighted by Gasteiger charge is -2.29. The molecule has 0 spiro atoms. The SMILES string of the molecule is CC(CN1CCOCC1)n1c(=S)[nH]c2cc(F)c(Cl)cc21. The highest BCUT2D eigenvalue weighted by Crippen LogP contribution is 2.25. The number of benzene rings is 1. The first-order valence-corrected chi connectivity index (χ1v) is 7.74. The molecule has 4 nitrogen and oxygen atoms in total. The van der Waals surface area contributed by atoms with Gasteiger partial charge in [0.1, 0.15) is 5.82 Å². The fraction of sp³-hybridized carbons (Fsp3) is 0.500. The molecule has 1 aliphatic heterocycles. The van der Waals surface area contributed by atoms with Gasteiger partial charge in [-0.15, -0.1) is 0 Å². The van der Waals surface area contributed by atoms with E-state index >= 15 is 0 Å². The number of hydrogen-bond acceptors (Lipinski definition) is 3. The highest BCUT2D eigenvalue weighted by molar-refractivity contribution is 7.71. The van der Waals surface area contributed by atoms with Crippen LogP contribution in [-0.2, 0) is 4.74 Å². The van der Waals surface area contributed by atoms with E-state index in [4.69, 9.17) is 28.6 Å². The van der Waals surface area contributed by atoms with Crippen molar-refractivity contribution in [2.75, 3.05) is 32.8 Å². The maximum Gasteiger partial charge on any atom is 0.178 e. The number of ether oxygens (including phenoxy) is 1. The van der Waals surface area contributed by atoms with E-state index in [2.05, 4.69) is 16.8 Å². The van der Waals surface area contributed by atoms with Crippen LogP contribution in [0.2, 0.25) is 5.02 Å². The lowest BCUT2D eigenvalue weighted by atomic mass is 10.2. The molecule has 2 aromatic rings. The Balaban J connectivity index is 1.93. The van der Waals surface area contributed by atoms with Crippen molar-refractivity contribution in [3.05, 3.63) is 27.7 Å². The van der Waals surface area contributed by atoms with Crippen LogP contribution >= 0.6 is 23.8 Å². The minimum absolute atomic E-state index is 0.115. The van der Waals surface area contributed by atoms with Gasteiger partial charge in [-0.05, 0) is 25.2 Å². The van der Waals surface area contributed by atoms with E-state index in [0.29, 0.717) is 10.3 Å². The lowest BCUT2D eigenvalue weighted by Crippen LogP contribution is -2.39. The standard InChI is InChI=1S/C14H17ClFN3OS/c1-9(8-18-2-4-20-5-3-18)19-13-6-10(15)11(16)7-12(13)17-14(19)21/h6-7,9H,2-5,8H2,1H3,(H,17,21). The maximum absolute atomic E-state index is 13.5. The molecular formula is C14H17ClFN3OS. The van der Waals surface area contributed by atoms with Gasteiger partial charge in [0.05, 0.1) is 29.3 Å². The minimum Gasteiger partial charge on any atom is -0.379 e. The Morgan fingerprint density at radius 3 is 2.86 bits per heavy atom. The highest BCUT2D eigenvalue weighted by Gasteiger charge is 2.18. The molecule has 1 aliphatic rings. The van der Waals surface area contributed by atoms with E-state index in [9.17, 15) is 4.39 Å². The quantitative estimate of drug-likeness (QED) is 0.876. The summed E-state index contributed by atoms with van der Waals surface area (Å²) >= 11 is 11.3. The van der Waals surface area contributed by atoms with Crippen LogP contribution in [0.4, 0.5) is 4.39 Å². The smallest absolute Gasteiger partial charge is 0.178 e. The van der Waals surface area contributed by atoms with E-state index in [-0.39, 0.29) is 11.1 Å². The van der Waals surface area contributed by atoms with E-state index in [1.165, 1.54) is 6.07 Å². The van der Waals surface area contributed by atoms with Crippen molar-refractivity contribution in [2.45, 2.75) is 13.0 Å². The van der Waals surface area contributed by atoms with Gasteiger partial charge >= 0.3 is 0 Å². The zero-order valence-electron chi connectivity index (χ0n) is 11.7. The second-order valence-electron chi connectivity index (χ2n) is 5.35. The summed E-state index contributed by atoms with van der Waals surface area (Å²) in [5.74, 6) is -0.437. The molecule has 7 heteroatoms. The van der Waals surface area contributed by atoms with Gasteiger partial charge in [0.25, 0.3) is 0 Å². The van der Waals surface area contributed by atoms with Gasteiger partial charge in [-0.25, -0.2) is 4.39 Å². The largest absolute Gasteiger partial charge is 0.379 e. The number of nitrogens with one attached hydrogen (secondary N) is 1. The number of rotatable bonds is 3. The second kappa shape index (κ2) is 6.04. The van der Waals surface area contributed by atoms with E-state index in [0.717, 1.165) is 38.4 Å². The molecule has 3 rings (SSSR count). The van der Waals surface area contributed by atoms with Crippen LogP contribution in [0.25, 0.3) is 11.0 Å². The van der Waals surface area contributed by atoms with Crippen LogP contribution < -0.4 is 0 Å². The summed E-state index contributed by atoms with van der Waals surface area (Å²) in [5, 5.41) is 0.115. The predicted octanol–water partition coefficient (Wildman–Crippen LogP) is 3.38. The Morgan fingerprint density at radius 1 is 1.43 bits per heavy atom. The van der Waals surface area contributed by atoms with E-state index in [1.807, 2.05) is 4.57 Å². The number of aromatic nitrogens is 2. The maximum atomic E-state index is 13.5. The van der Waals surface area contributed by atoms with Gasteiger partial charge in [-0.2, -0.15) is 0 Å². The first kappa shape index (κ1) is 15.0. The number of fused-ring (bicyclic) bond motifs is 1. The number of hydrogen-bond donors (Lipinski definition) is 1. The molecule has 0 bridgehead atoms. The van der Waals surface area contributed by atoms with Crippen molar-refractivity contribution < 1.29 is 9.13 Å². The number of H-pyrrole nitrogens is 1. The van der Waals surface area contributed by atoms with Crippen molar-refractivity contribution >= 4 is 34.9 Å². The molecule has 114 valence electrons. The topological polar surface area (TPSA) is 33.2 Å². The number of morpholine rings is 1. The first-order chi connectivity index (χ1) is 10.1. The van der Waals surface area contributed by atoms with Gasteiger partial charge in [0.15, 0.2) is 4.77 Å². The molecular weight excluding hydrogens is 313 g/mol. The zero-order valence-corrected chi connectivity index (χ0v) is 13.3.